The van der Waals surface area contributed by atoms with Crippen LogP contribution < -0.4 is 0 Å². The number of aryl methyl sites for hydroxylation is 2. The SMILES string of the molecule is CCCCOC(=O)N1C2CC2C[C@H]1c1ncc(-c2ccc(C#Cc3ccc(-c4cnc([C@@H]5CC6CC6N5C(=O)OCCCC)[nH]4)cc3C)c(C)c2)[nH]1. The number of hydrogen-bond donors (Lipinski definition) is 2. The second-order valence-electron chi connectivity index (χ2n) is 15.1. The Bertz CT molecular complexity index is 1900. The number of H-pyrrole nitrogens is 2. The number of rotatable bonds is 10. The number of imidazole rings is 2. The lowest BCUT2D eigenvalue weighted by atomic mass is 10.0. The Kier molecular flexibility index (Phi) is 9.29. The van der Waals surface area contributed by atoms with Gasteiger partial charge in [0.05, 0.1) is 49.1 Å². The number of aromatic amines is 2. The molecule has 4 aliphatic rings. The number of nitrogens with zero attached hydrogens (tertiary/aromatic N) is 4. The molecule has 6 atom stereocenters. The van der Waals surface area contributed by atoms with Gasteiger partial charge in [0.25, 0.3) is 0 Å². The molecule has 0 radical (unpaired) electrons. The van der Waals surface area contributed by atoms with Crippen molar-refractivity contribution in [3.63, 3.8) is 0 Å². The summed E-state index contributed by atoms with van der Waals surface area (Å²) in [4.78, 5) is 46.1. The zero-order valence-electron chi connectivity index (χ0n) is 30.6. The minimum absolute atomic E-state index is 0.0724. The lowest BCUT2D eigenvalue weighted by molar-refractivity contribution is 0.0872. The van der Waals surface area contributed by atoms with Gasteiger partial charge in [-0.15, -0.1) is 0 Å². The molecule has 2 aliphatic carbocycles. The lowest BCUT2D eigenvalue weighted by Crippen LogP contribution is -2.34. The molecule has 10 heteroatoms. The fourth-order valence-electron chi connectivity index (χ4n) is 8.07. The molecule has 2 aliphatic heterocycles. The molecule has 2 amide bonds. The van der Waals surface area contributed by atoms with Crippen LogP contribution in [0.3, 0.4) is 0 Å². The molecular formula is C42H48N6O4. The van der Waals surface area contributed by atoms with E-state index in [1.54, 1.807) is 0 Å². The zero-order chi connectivity index (χ0) is 35.9. The van der Waals surface area contributed by atoms with E-state index in [0.717, 1.165) is 108 Å². The number of hydrogen-bond acceptors (Lipinski definition) is 6. The quantitative estimate of drug-likeness (QED) is 0.126. The van der Waals surface area contributed by atoms with Crippen molar-refractivity contribution in [3.05, 3.63) is 82.7 Å². The number of carbonyl (C=O) groups is 2. The Hall–Kier alpha value is -5.04. The minimum Gasteiger partial charge on any atom is -0.449 e. The van der Waals surface area contributed by atoms with Crippen molar-refractivity contribution < 1.29 is 19.1 Å². The highest BCUT2D eigenvalue weighted by molar-refractivity contribution is 5.71. The minimum atomic E-state index is -0.217. The lowest BCUT2D eigenvalue weighted by Gasteiger charge is -2.25. The number of benzene rings is 2. The van der Waals surface area contributed by atoms with Crippen molar-refractivity contribution in [1.29, 1.82) is 0 Å². The third-order valence-corrected chi connectivity index (χ3v) is 11.3. The first-order valence-electron chi connectivity index (χ1n) is 19.1. The summed E-state index contributed by atoms with van der Waals surface area (Å²) in [6, 6.07) is 12.9. The van der Waals surface area contributed by atoms with Gasteiger partial charge < -0.3 is 19.4 Å². The first kappa shape index (κ1) is 34.1. The van der Waals surface area contributed by atoms with Crippen LogP contribution in [-0.2, 0) is 9.47 Å². The Morgan fingerprint density at radius 2 is 1.15 bits per heavy atom. The molecule has 270 valence electrons. The zero-order valence-corrected chi connectivity index (χ0v) is 30.6. The fraction of sp³-hybridized carbons (Fsp3) is 0.476. The van der Waals surface area contributed by atoms with Gasteiger partial charge in [-0.1, -0.05) is 50.7 Å². The molecule has 2 aromatic heterocycles. The second kappa shape index (κ2) is 14.2. The molecule has 4 unspecified atom stereocenters. The number of likely N-dealkylation sites (tertiary alicyclic amines) is 2. The molecular weight excluding hydrogens is 652 g/mol. The normalized spacial score (nSPS) is 23.8. The highest BCUT2D eigenvalue weighted by atomic mass is 16.6. The maximum Gasteiger partial charge on any atom is 0.410 e. The molecule has 4 aromatic rings. The van der Waals surface area contributed by atoms with Gasteiger partial charge in [0.1, 0.15) is 11.6 Å². The molecule has 2 aromatic carbocycles. The van der Waals surface area contributed by atoms with Crippen LogP contribution in [-0.4, -0.2) is 67.2 Å². The largest absolute Gasteiger partial charge is 0.449 e. The number of piperidine rings is 2. The highest BCUT2D eigenvalue weighted by Gasteiger charge is 2.56. The third-order valence-electron chi connectivity index (χ3n) is 11.3. The third kappa shape index (κ3) is 6.69. The summed E-state index contributed by atoms with van der Waals surface area (Å²) in [5.41, 5.74) is 8.02. The maximum atomic E-state index is 12.9. The topological polar surface area (TPSA) is 116 Å². The predicted octanol–water partition coefficient (Wildman–Crippen LogP) is 8.63. The summed E-state index contributed by atoms with van der Waals surface area (Å²) in [5.74, 6) is 9.50. The van der Waals surface area contributed by atoms with Gasteiger partial charge >= 0.3 is 12.2 Å². The van der Waals surface area contributed by atoms with E-state index in [1.165, 1.54) is 0 Å². The Morgan fingerprint density at radius 1 is 0.712 bits per heavy atom. The van der Waals surface area contributed by atoms with Crippen LogP contribution in [0.4, 0.5) is 9.59 Å². The van der Waals surface area contributed by atoms with E-state index < -0.39 is 0 Å². The van der Waals surface area contributed by atoms with Crippen LogP contribution in [0.5, 0.6) is 0 Å². The van der Waals surface area contributed by atoms with E-state index in [-0.39, 0.29) is 36.4 Å². The maximum absolute atomic E-state index is 12.9. The van der Waals surface area contributed by atoms with Crippen molar-refractivity contribution in [1.82, 2.24) is 29.7 Å². The second-order valence-corrected chi connectivity index (χ2v) is 15.1. The van der Waals surface area contributed by atoms with E-state index >= 15 is 0 Å². The number of amides is 2. The van der Waals surface area contributed by atoms with Gasteiger partial charge in [0.2, 0.25) is 0 Å². The monoisotopic (exact) mass is 700 g/mol. The molecule has 10 nitrogen and oxygen atoms in total. The van der Waals surface area contributed by atoms with Crippen LogP contribution in [0.1, 0.15) is 111 Å². The molecule has 2 N–H and O–H groups in total. The van der Waals surface area contributed by atoms with Gasteiger partial charge in [-0.05, 0) is 111 Å². The van der Waals surface area contributed by atoms with Gasteiger partial charge in [-0.3, -0.25) is 9.80 Å². The standard InChI is InChI=1S/C42H48N6O4/c1-5-7-15-51-41(49)47-35-19-31(35)21-37(47)39-43-23-33(45-39)29-13-11-27(25(3)17-29)9-10-28-12-14-30(18-26(28)4)34-24-44-40(46-34)38-22-32-20-36(32)48(38)42(50)52-16-8-6-2/h11-14,17-18,23-24,31-32,35-38H,5-8,15-16,19-22H2,1-4H3,(H,43,45)(H,44,46)/t31?,32?,35?,36?,37-,38-/m0/s1. The summed E-state index contributed by atoms with van der Waals surface area (Å²) in [7, 11) is 0. The number of carbonyl (C=O) groups excluding carboxylic acids is 2. The molecule has 0 bridgehead atoms. The van der Waals surface area contributed by atoms with Crippen LogP contribution in [0.25, 0.3) is 22.5 Å². The number of unbranched alkanes of at least 4 members (excludes halogenated alkanes) is 2. The number of fused-ring (bicyclic) bond motifs is 2. The van der Waals surface area contributed by atoms with E-state index in [1.807, 2.05) is 22.2 Å². The summed E-state index contributed by atoms with van der Waals surface area (Å²) in [6.07, 6.45) is 11.0. The molecule has 4 heterocycles. The van der Waals surface area contributed by atoms with Crippen molar-refractivity contribution in [3.8, 4) is 34.4 Å². The van der Waals surface area contributed by atoms with E-state index in [9.17, 15) is 9.59 Å². The van der Waals surface area contributed by atoms with Gasteiger partial charge in [0.15, 0.2) is 0 Å². The van der Waals surface area contributed by atoms with Crippen molar-refractivity contribution in [2.75, 3.05) is 13.2 Å². The number of aromatic nitrogens is 4. The van der Waals surface area contributed by atoms with Crippen LogP contribution in [0, 0.1) is 37.5 Å². The summed E-state index contributed by atoms with van der Waals surface area (Å²) in [6.45, 7) is 9.27. The van der Waals surface area contributed by atoms with Crippen LogP contribution >= 0.6 is 0 Å². The van der Waals surface area contributed by atoms with Crippen molar-refractivity contribution >= 4 is 12.2 Å². The van der Waals surface area contributed by atoms with Crippen molar-refractivity contribution in [2.45, 2.75) is 103 Å². The summed E-state index contributed by atoms with van der Waals surface area (Å²) in [5, 5.41) is 0. The Morgan fingerprint density at radius 3 is 1.56 bits per heavy atom. The van der Waals surface area contributed by atoms with E-state index in [4.69, 9.17) is 19.4 Å². The molecule has 52 heavy (non-hydrogen) atoms. The molecule has 2 saturated heterocycles. The predicted molar refractivity (Wildman–Crippen MR) is 198 cm³/mol. The first-order valence-corrected chi connectivity index (χ1v) is 19.1. The molecule has 2 saturated carbocycles. The van der Waals surface area contributed by atoms with Gasteiger partial charge in [0, 0.05) is 23.2 Å². The first-order chi connectivity index (χ1) is 25.3. The Balaban J connectivity index is 0.925. The average Bonchev–Trinajstić information content (AvgIpc) is 3.73. The number of ether oxygens (including phenoxy) is 2. The van der Waals surface area contributed by atoms with Gasteiger partial charge in [-0.2, -0.15) is 0 Å². The number of nitrogens with one attached hydrogen (secondary N) is 2. The van der Waals surface area contributed by atoms with Gasteiger partial charge in [-0.25, -0.2) is 19.6 Å². The van der Waals surface area contributed by atoms with E-state index in [2.05, 4.69) is 85.9 Å². The average molecular weight is 701 g/mol. The highest BCUT2D eigenvalue weighted by Crippen LogP contribution is 2.54. The summed E-state index contributed by atoms with van der Waals surface area (Å²) < 4.78 is 11.2. The smallest absolute Gasteiger partial charge is 0.410 e. The fourth-order valence-corrected chi connectivity index (χ4v) is 8.07. The van der Waals surface area contributed by atoms with E-state index in [0.29, 0.717) is 25.0 Å². The Labute approximate surface area is 305 Å². The molecule has 8 rings (SSSR count). The molecule has 0 spiro atoms. The van der Waals surface area contributed by atoms with Crippen molar-refractivity contribution in [2.24, 2.45) is 11.8 Å². The van der Waals surface area contributed by atoms with Crippen LogP contribution in [0.2, 0.25) is 0 Å². The van der Waals surface area contributed by atoms with Crippen LogP contribution in [0.15, 0.2) is 48.8 Å². The summed E-state index contributed by atoms with van der Waals surface area (Å²) >= 11 is 0. The molecule has 4 fully saturated rings.